The van der Waals surface area contributed by atoms with Gasteiger partial charge in [-0.1, -0.05) is 18.2 Å². The molecule has 0 bridgehead atoms. The van der Waals surface area contributed by atoms with Crippen molar-refractivity contribution in [3.05, 3.63) is 59.7 Å². The molecule has 2 aromatic rings. The maximum Gasteiger partial charge on any atom is 0.177 e. The maximum absolute atomic E-state index is 12.5. The van der Waals surface area contributed by atoms with E-state index >= 15 is 0 Å². The standard InChI is InChI=1S/C19H21NO3/c1-15-13-17(23-16-5-3-2-4-6-16)7-8-18(15)19(21)14-20-9-11-22-12-10-20/h2-8,13H,9-12,14H2,1H3. The number of carbonyl (C=O) groups excluding carboxylic acids is 1. The van der Waals surface area contributed by atoms with Crippen molar-refractivity contribution in [1.82, 2.24) is 4.90 Å². The van der Waals surface area contributed by atoms with Gasteiger partial charge in [0, 0.05) is 18.7 Å². The Balaban J connectivity index is 1.67. The van der Waals surface area contributed by atoms with Crippen molar-refractivity contribution in [3.8, 4) is 11.5 Å². The molecule has 1 aliphatic heterocycles. The second-order valence-electron chi connectivity index (χ2n) is 5.70. The molecule has 4 heteroatoms. The first-order valence-electron chi connectivity index (χ1n) is 7.89. The van der Waals surface area contributed by atoms with Crippen LogP contribution in [-0.4, -0.2) is 43.5 Å². The number of ketones is 1. The van der Waals surface area contributed by atoms with Crippen LogP contribution < -0.4 is 4.74 Å². The van der Waals surface area contributed by atoms with Gasteiger partial charge in [0.15, 0.2) is 5.78 Å². The van der Waals surface area contributed by atoms with E-state index in [4.69, 9.17) is 9.47 Å². The van der Waals surface area contributed by atoms with Crippen molar-refractivity contribution in [2.75, 3.05) is 32.8 Å². The second kappa shape index (κ2) is 7.40. The molecule has 120 valence electrons. The van der Waals surface area contributed by atoms with Crippen LogP contribution >= 0.6 is 0 Å². The highest BCUT2D eigenvalue weighted by Gasteiger charge is 2.17. The summed E-state index contributed by atoms with van der Waals surface area (Å²) in [4.78, 5) is 14.6. The number of hydrogen-bond acceptors (Lipinski definition) is 4. The molecule has 0 radical (unpaired) electrons. The van der Waals surface area contributed by atoms with Crippen LogP contribution in [0.5, 0.6) is 11.5 Å². The van der Waals surface area contributed by atoms with Crippen LogP contribution in [0.25, 0.3) is 0 Å². The van der Waals surface area contributed by atoms with E-state index < -0.39 is 0 Å². The molecule has 0 amide bonds. The van der Waals surface area contributed by atoms with Crippen molar-refractivity contribution >= 4 is 5.78 Å². The Morgan fingerprint density at radius 3 is 2.52 bits per heavy atom. The summed E-state index contributed by atoms with van der Waals surface area (Å²) in [5.74, 6) is 1.69. The predicted molar refractivity (Wildman–Crippen MR) is 89.3 cm³/mol. The molecule has 0 N–H and O–H groups in total. The number of morpholine rings is 1. The molecule has 2 aromatic carbocycles. The third-order valence-corrected chi connectivity index (χ3v) is 3.95. The lowest BCUT2D eigenvalue weighted by Crippen LogP contribution is -2.39. The van der Waals surface area contributed by atoms with Gasteiger partial charge in [-0.05, 0) is 42.8 Å². The van der Waals surface area contributed by atoms with Crippen LogP contribution in [0.15, 0.2) is 48.5 Å². The Bertz CT molecular complexity index is 664. The molecule has 0 saturated carbocycles. The smallest absolute Gasteiger partial charge is 0.177 e. The second-order valence-corrected chi connectivity index (χ2v) is 5.70. The molecule has 1 aliphatic rings. The summed E-state index contributed by atoms with van der Waals surface area (Å²) in [5, 5.41) is 0. The van der Waals surface area contributed by atoms with E-state index in [1.165, 1.54) is 0 Å². The molecule has 0 atom stereocenters. The summed E-state index contributed by atoms with van der Waals surface area (Å²) in [6, 6.07) is 15.3. The molecule has 0 aromatic heterocycles. The van der Waals surface area contributed by atoms with Crippen molar-refractivity contribution in [1.29, 1.82) is 0 Å². The zero-order valence-electron chi connectivity index (χ0n) is 13.3. The fourth-order valence-corrected chi connectivity index (χ4v) is 2.68. The summed E-state index contributed by atoms with van der Waals surface area (Å²) in [6.07, 6.45) is 0. The summed E-state index contributed by atoms with van der Waals surface area (Å²) in [6.45, 7) is 5.44. The Morgan fingerprint density at radius 1 is 1.09 bits per heavy atom. The minimum Gasteiger partial charge on any atom is -0.457 e. The van der Waals surface area contributed by atoms with Crippen LogP contribution in [0.4, 0.5) is 0 Å². The number of aryl methyl sites for hydroxylation is 1. The van der Waals surface area contributed by atoms with E-state index in [0.29, 0.717) is 19.8 Å². The Morgan fingerprint density at radius 2 is 1.83 bits per heavy atom. The topological polar surface area (TPSA) is 38.8 Å². The summed E-state index contributed by atoms with van der Waals surface area (Å²) in [7, 11) is 0. The summed E-state index contributed by atoms with van der Waals surface area (Å²) < 4.78 is 11.1. The van der Waals surface area contributed by atoms with Gasteiger partial charge in [-0.3, -0.25) is 9.69 Å². The highest BCUT2D eigenvalue weighted by atomic mass is 16.5. The van der Waals surface area contributed by atoms with Gasteiger partial charge >= 0.3 is 0 Å². The van der Waals surface area contributed by atoms with Crippen LogP contribution in [0.1, 0.15) is 15.9 Å². The number of benzene rings is 2. The minimum absolute atomic E-state index is 0.149. The molecule has 0 spiro atoms. The first-order chi connectivity index (χ1) is 11.2. The van der Waals surface area contributed by atoms with Crippen LogP contribution in [-0.2, 0) is 4.74 Å². The fraction of sp³-hybridized carbons (Fsp3) is 0.316. The van der Waals surface area contributed by atoms with Gasteiger partial charge in [-0.25, -0.2) is 0 Å². The Labute approximate surface area is 136 Å². The van der Waals surface area contributed by atoms with Crippen LogP contribution in [0.2, 0.25) is 0 Å². The lowest BCUT2D eigenvalue weighted by Gasteiger charge is -2.26. The lowest BCUT2D eigenvalue weighted by molar-refractivity contribution is 0.0371. The third kappa shape index (κ3) is 4.18. The highest BCUT2D eigenvalue weighted by Crippen LogP contribution is 2.24. The Kier molecular flexibility index (Phi) is 5.05. The number of rotatable bonds is 5. The average molecular weight is 311 g/mol. The van der Waals surface area contributed by atoms with E-state index in [1.54, 1.807) is 0 Å². The monoisotopic (exact) mass is 311 g/mol. The zero-order valence-corrected chi connectivity index (χ0v) is 13.3. The van der Waals surface area contributed by atoms with Crippen molar-refractivity contribution in [2.45, 2.75) is 6.92 Å². The van der Waals surface area contributed by atoms with E-state index in [-0.39, 0.29) is 5.78 Å². The zero-order chi connectivity index (χ0) is 16.1. The first kappa shape index (κ1) is 15.7. The lowest BCUT2D eigenvalue weighted by atomic mass is 10.0. The number of carbonyl (C=O) groups is 1. The van der Waals surface area contributed by atoms with Crippen molar-refractivity contribution < 1.29 is 14.3 Å². The number of hydrogen-bond donors (Lipinski definition) is 0. The number of nitrogens with zero attached hydrogens (tertiary/aromatic N) is 1. The molecular weight excluding hydrogens is 290 g/mol. The van der Waals surface area contributed by atoms with Crippen LogP contribution in [0.3, 0.4) is 0 Å². The first-order valence-corrected chi connectivity index (χ1v) is 7.89. The summed E-state index contributed by atoms with van der Waals surface area (Å²) >= 11 is 0. The maximum atomic E-state index is 12.5. The molecule has 23 heavy (non-hydrogen) atoms. The van der Waals surface area contributed by atoms with E-state index in [9.17, 15) is 4.79 Å². The van der Waals surface area contributed by atoms with E-state index in [0.717, 1.165) is 35.7 Å². The Hall–Kier alpha value is -2.17. The molecule has 1 fully saturated rings. The van der Waals surface area contributed by atoms with Crippen LogP contribution in [0, 0.1) is 6.92 Å². The molecule has 3 rings (SSSR count). The third-order valence-electron chi connectivity index (χ3n) is 3.95. The van der Waals surface area contributed by atoms with E-state index in [1.807, 2.05) is 55.5 Å². The van der Waals surface area contributed by atoms with Gasteiger partial charge in [0.25, 0.3) is 0 Å². The summed E-state index contributed by atoms with van der Waals surface area (Å²) in [5.41, 5.74) is 1.70. The largest absolute Gasteiger partial charge is 0.457 e. The van der Waals surface area contributed by atoms with Gasteiger partial charge in [0.1, 0.15) is 11.5 Å². The van der Waals surface area contributed by atoms with Gasteiger partial charge in [-0.15, -0.1) is 0 Å². The fourth-order valence-electron chi connectivity index (χ4n) is 2.68. The van der Waals surface area contributed by atoms with Gasteiger partial charge in [0.05, 0.1) is 19.8 Å². The van der Waals surface area contributed by atoms with Gasteiger partial charge in [0.2, 0.25) is 0 Å². The molecular formula is C19H21NO3. The molecule has 1 saturated heterocycles. The molecule has 0 unspecified atom stereocenters. The number of ether oxygens (including phenoxy) is 2. The number of para-hydroxylation sites is 1. The van der Waals surface area contributed by atoms with Crippen molar-refractivity contribution in [2.24, 2.45) is 0 Å². The van der Waals surface area contributed by atoms with Crippen molar-refractivity contribution in [3.63, 3.8) is 0 Å². The molecule has 4 nitrogen and oxygen atoms in total. The van der Waals surface area contributed by atoms with Gasteiger partial charge in [-0.2, -0.15) is 0 Å². The average Bonchev–Trinajstić information content (AvgIpc) is 2.57. The minimum atomic E-state index is 0.149. The highest BCUT2D eigenvalue weighted by molar-refractivity contribution is 5.99. The normalized spacial score (nSPS) is 15.3. The predicted octanol–water partition coefficient (Wildman–Crippen LogP) is 3.30. The SMILES string of the molecule is Cc1cc(Oc2ccccc2)ccc1C(=O)CN1CCOCC1. The van der Waals surface area contributed by atoms with Gasteiger partial charge < -0.3 is 9.47 Å². The molecule has 0 aliphatic carbocycles. The van der Waals surface area contributed by atoms with E-state index in [2.05, 4.69) is 4.90 Å². The quantitative estimate of drug-likeness (QED) is 0.794. The number of Topliss-reactive ketones (excluding diaryl/α,β-unsaturated/α-hetero) is 1. The molecule has 1 heterocycles.